The number of esters is 4. The molecule has 101 heavy (non-hydrogen) atoms. The molecule has 0 aromatic rings. The zero-order valence-corrected chi connectivity index (χ0v) is 68.3. The van der Waals surface area contributed by atoms with Crippen LogP contribution in [0, 0.1) is 23.7 Å². The second kappa shape index (κ2) is 71.0. The van der Waals surface area contributed by atoms with E-state index < -0.39 is 97.5 Å². The molecule has 0 aromatic heterocycles. The van der Waals surface area contributed by atoms with Crippen LogP contribution in [0.25, 0.3) is 0 Å². The Kier molecular flexibility index (Phi) is 69.6. The molecule has 0 rings (SSSR count). The number of phosphoric acid groups is 2. The van der Waals surface area contributed by atoms with Gasteiger partial charge in [-0.3, -0.25) is 37.3 Å². The maximum Gasteiger partial charge on any atom is 0.472 e. The van der Waals surface area contributed by atoms with E-state index in [1.165, 1.54) is 225 Å². The van der Waals surface area contributed by atoms with Gasteiger partial charge in [-0.05, 0) is 49.4 Å². The quantitative estimate of drug-likeness (QED) is 0.0222. The van der Waals surface area contributed by atoms with Gasteiger partial charge in [-0.15, -0.1) is 0 Å². The van der Waals surface area contributed by atoms with Crippen LogP contribution in [0.15, 0.2) is 0 Å². The highest BCUT2D eigenvalue weighted by atomic mass is 31.2. The molecule has 0 aliphatic heterocycles. The van der Waals surface area contributed by atoms with Crippen LogP contribution in [-0.4, -0.2) is 96.7 Å². The molecule has 0 saturated heterocycles. The van der Waals surface area contributed by atoms with Gasteiger partial charge >= 0.3 is 39.5 Å². The number of aliphatic hydroxyl groups excluding tert-OH is 1. The first-order valence-corrected chi connectivity index (χ1v) is 45.3. The second-order valence-electron chi connectivity index (χ2n) is 30.7. The van der Waals surface area contributed by atoms with Crippen LogP contribution in [0.2, 0.25) is 0 Å². The highest BCUT2D eigenvalue weighted by molar-refractivity contribution is 7.47. The van der Waals surface area contributed by atoms with Crippen molar-refractivity contribution >= 4 is 39.5 Å². The fourth-order valence-corrected chi connectivity index (χ4v) is 14.1. The summed E-state index contributed by atoms with van der Waals surface area (Å²) in [5, 5.41) is 10.6. The molecule has 0 fully saturated rings. The SMILES string of the molecule is CCC(C)CCCCCCCCCCCCCCCCCCCCC(=O)O[C@H](COC(=O)CCCCCCCCCCCCC(C)CC)COP(=O)(O)OCC(O)COP(=O)(O)OC[C@@H](COC(=O)CCCCCCCCCCC(C)C)OC(=O)CCCCCCCCCCCCC(C)CC. The third-order valence-corrected chi connectivity index (χ3v) is 22.1. The van der Waals surface area contributed by atoms with Crippen molar-refractivity contribution in [1.29, 1.82) is 0 Å². The summed E-state index contributed by atoms with van der Waals surface area (Å²) >= 11 is 0. The Balaban J connectivity index is 5.23. The molecule has 0 heterocycles. The first-order valence-electron chi connectivity index (χ1n) is 42.3. The van der Waals surface area contributed by atoms with E-state index in [1.807, 2.05) is 0 Å². The minimum atomic E-state index is -4.96. The van der Waals surface area contributed by atoms with E-state index in [4.69, 9.17) is 37.0 Å². The van der Waals surface area contributed by atoms with Crippen LogP contribution in [0.5, 0.6) is 0 Å². The van der Waals surface area contributed by atoms with Gasteiger partial charge in [0.1, 0.15) is 19.3 Å². The molecular weight excluding hydrogens is 1320 g/mol. The summed E-state index contributed by atoms with van der Waals surface area (Å²) in [7, 11) is -9.92. The fourth-order valence-electron chi connectivity index (χ4n) is 12.5. The average Bonchev–Trinajstić information content (AvgIpc) is 0.968. The van der Waals surface area contributed by atoms with Gasteiger partial charge in [0.15, 0.2) is 12.2 Å². The van der Waals surface area contributed by atoms with Gasteiger partial charge in [0.05, 0.1) is 26.4 Å². The maximum atomic E-state index is 13.1. The van der Waals surface area contributed by atoms with Crippen molar-refractivity contribution in [2.75, 3.05) is 39.6 Å². The predicted molar refractivity (Wildman–Crippen MR) is 414 cm³/mol. The predicted octanol–water partition coefficient (Wildman–Crippen LogP) is 24.4. The minimum absolute atomic E-state index is 0.105. The summed E-state index contributed by atoms with van der Waals surface area (Å²) in [4.78, 5) is 73.1. The summed E-state index contributed by atoms with van der Waals surface area (Å²) in [5.41, 5.74) is 0. The molecule has 0 aliphatic carbocycles. The molecule has 0 saturated carbocycles. The van der Waals surface area contributed by atoms with E-state index in [9.17, 15) is 43.2 Å². The summed E-state index contributed by atoms with van der Waals surface area (Å²) < 4.78 is 68.7. The van der Waals surface area contributed by atoms with Crippen LogP contribution in [0.3, 0.4) is 0 Å². The Morgan fingerprint density at radius 1 is 0.277 bits per heavy atom. The number of aliphatic hydroxyl groups is 1. The number of carbonyl (C=O) groups is 4. The Bertz CT molecular complexity index is 1980. The largest absolute Gasteiger partial charge is 0.472 e. The summed E-state index contributed by atoms with van der Waals surface area (Å²) in [6.07, 6.45) is 58.2. The molecule has 19 heteroatoms. The van der Waals surface area contributed by atoms with Crippen LogP contribution in [0.4, 0.5) is 0 Å². The molecule has 0 aliphatic rings. The highest BCUT2D eigenvalue weighted by Gasteiger charge is 2.30. The first-order chi connectivity index (χ1) is 48.7. The Hall–Kier alpha value is -1.94. The number of phosphoric ester groups is 2. The van der Waals surface area contributed by atoms with Gasteiger partial charge in [0, 0.05) is 25.7 Å². The van der Waals surface area contributed by atoms with Crippen LogP contribution in [-0.2, 0) is 65.4 Å². The number of ether oxygens (including phenoxy) is 4. The average molecular weight is 1480 g/mol. The van der Waals surface area contributed by atoms with Gasteiger partial charge in [-0.25, -0.2) is 9.13 Å². The van der Waals surface area contributed by atoms with Crippen molar-refractivity contribution in [2.45, 2.75) is 440 Å². The Morgan fingerprint density at radius 3 is 0.703 bits per heavy atom. The van der Waals surface area contributed by atoms with Crippen LogP contribution < -0.4 is 0 Å². The van der Waals surface area contributed by atoms with E-state index in [0.717, 1.165) is 114 Å². The monoisotopic (exact) mass is 1480 g/mol. The first kappa shape index (κ1) is 99.1. The maximum absolute atomic E-state index is 13.1. The lowest BCUT2D eigenvalue weighted by molar-refractivity contribution is -0.161. The Morgan fingerprint density at radius 2 is 0.475 bits per heavy atom. The molecule has 3 N–H and O–H groups in total. The summed E-state index contributed by atoms with van der Waals surface area (Å²) in [6.45, 7) is 14.3. The third-order valence-electron chi connectivity index (χ3n) is 20.2. The lowest BCUT2D eigenvalue weighted by Crippen LogP contribution is -2.30. The molecule has 0 spiro atoms. The minimum Gasteiger partial charge on any atom is -0.462 e. The molecule has 0 radical (unpaired) electrons. The zero-order chi connectivity index (χ0) is 74.6. The molecule has 8 atom stereocenters. The molecule has 17 nitrogen and oxygen atoms in total. The zero-order valence-electron chi connectivity index (χ0n) is 66.5. The van der Waals surface area contributed by atoms with Crippen molar-refractivity contribution in [1.82, 2.24) is 0 Å². The summed E-state index contributed by atoms with van der Waals surface area (Å²) in [6, 6.07) is 0. The van der Waals surface area contributed by atoms with Gasteiger partial charge in [-0.1, -0.05) is 370 Å². The molecule has 6 unspecified atom stereocenters. The number of hydrogen-bond donors (Lipinski definition) is 3. The molecule has 600 valence electrons. The van der Waals surface area contributed by atoms with E-state index >= 15 is 0 Å². The van der Waals surface area contributed by atoms with Crippen molar-refractivity contribution in [3.63, 3.8) is 0 Å². The van der Waals surface area contributed by atoms with E-state index in [2.05, 4.69) is 55.4 Å². The topological polar surface area (TPSA) is 237 Å². The lowest BCUT2D eigenvalue weighted by atomic mass is 9.99. The summed E-state index contributed by atoms with van der Waals surface area (Å²) in [5.74, 6) is 1.10. The van der Waals surface area contributed by atoms with Gasteiger partial charge in [-0.2, -0.15) is 0 Å². The molecule has 0 aromatic carbocycles. The molecular formula is C82H160O17P2. The molecule has 0 bridgehead atoms. The van der Waals surface area contributed by atoms with Crippen molar-refractivity contribution < 1.29 is 80.2 Å². The number of unbranched alkanes of at least 4 members (excludes halogenated alkanes) is 42. The van der Waals surface area contributed by atoms with Gasteiger partial charge in [0.25, 0.3) is 0 Å². The smallest absolute Gasteiger partial charge is 0.462 e. The number of carbonyl (C=O) groups excluding carboxylic acids is 4. The molecule has 0 amide bonds. The van der Waals surface area contributed by atoms with Crippen molar-refractivity contribution in [3.05, 3.63) is 0 Å². The van der Waals surface area contributed by atoms with Crippen molar-refractivity contribution in [3.8, 4) is 0 Å². The fraction of sp³-hybridized carbons (Fsp3) is 0.951. The normalized spacial score (nSPS) is 14.8. The third kappa shape index (κ3) is 72.1. The standard InChI is InChI=1S/C82H160O17P2/c1-9-73(6)59-51-43-35-26-20-18-16-14-12-13-15-17-19-21-30-40-48-56-64-81(86)98-77(68-92-79(84)62-54-46-38-29-24-22-27-36-44-52-60-74(7)10-2)70-96-100(88,89)94-66-76(83)67-95-101(90,91)97-71-78(69-93-80(85)63-55-47-39-33-32-34-42-50-58-72(4)5)99-82(87)65-57-49-41-31-25-23-28-37-45-53-61-75(8)11-3/h72-78,83H,9-71H2,1-8H3,(H,88,89)(H,90,91)/t73?,74?,75?,76?,77-,78-/m1/s1. The van der Waals surface area contributed by atoms with E-state index in [-0.39, 0.29) is 25.7 Å². The van der Waals surface area contributed by atoms with Gasteiger partial charge < -0.3 is 33.8 Å². The second-order valence-corrected chi connectivity index (χ2v) is 33.6. The number of hydrogen-bond acceptors (Lipinski definition) is 15. The van der Waals surface area contributed by atoms with E-state index in [0.29, 0.717) is 25.7 Å². The number of rotatable bonds is 79. The highest BCUT2D eigenvalue weighted by Crippen LogP contribution is 2.45. The van der Waals surface area contributed by atoms with E-state index in [1.54, 1.807) is 0 Å². The Labute approximate surface area is 619 Å². The van der Waals surface area contributed by atoms with Crippen molar-refractivity contribution in [2.24, 2.45) is 23.7 Å². The lowest BCUT2D eigenvalue weighted by Gasteiger charge is -2.21. The van der Waals surface area contributed by atoms with Crippen LogP contribution in [0.1, 0.15) is 421 Å². The van der Waals surface area contributed by atoms with Crippen LogP contribution >= 0.6 is 15.6 Å². The van der Waals surface area contributed by atoms with Gasteiger partial charge in [0.2, 0.25) is 0 Å².